The number of amides is 1. The molecule has 1 amide bonds. The van der Waals surface area contributed by atoms with Crippen LogP contribution in [0.3, 0.4) is 0 Å². The molecule has 2 heterocycles. The molecule has 0 saturated carbocycles. The van der Waals surface area contributed by atoms with Crippen molar-refractivity contribution in [3.63, 3.8) is 0 Å². The van der Waals surface area contributed by atoms with E-state index in [9.17, 15) is 4.79 Å². The van der Waals surface area contributed by atoms with Crippen molar-refractivity contribution in [2.75, 3.05) is 18.5 Å². The average Bonchev–Trinajstić information content (AvgIpc) is 2.76. The minimum absolute atomic E-state index is 0.218. The van der Waals surface area contributed by atoms with E-state index in [-0.39, 0.29) is 5.91 Å². The molecule has 1 N–H and O–H groups in total. The molecule has 4 heteroatoms. The predicted molar refractivity (Wildman–Crippen MR) is 72.7 cm³/mol. The highest BCUT2D eigenvalue weighted by atomic mass is 32.1. The van der Waals surface area contributed by atoms with Gasteiger partial charge in [-0.2, -0.15) is 0 Å². The fourth-order valence-electron chi connectivity index (χ4n) is 2.27. The second-order valence-electron chi connectivity index (χ2n) is 4.71. The monoisotopic (exact) mass is 252 g/mol. The standard InChI is InChI=1S/C13H20N2OS/c1-10-6-8-17-13(10)15(2)12(16)9-11-5-3-4-7-14-11/h6,8,11,14H,3-5,7,9H2,1-2H3. The summed E-state index contributed by atoms with van der Waals surface area (Å²) < 4.78 is 0. The van der Waals surface area contributed by atoms with Crippen molar-refractivity contribution < 1.29 is 4.79 Å². The Morgan fingerprint density at radius 1 is 1.59 bits per heavy atom. The predicted octanol–water partition coefficient (Wildman–Crippen LogP) is 2.55. The number of hydrogen-bond donors (Lipinski definition) is 1. The summed E-state index contributed by atoms with van der Waals surface area (Å²) in [6.45, 7) is 3.11. The number of thiophene rings is 1. The molecule has 0 aromatic carbocycles. The number of carbonyl (C=O) groups is 1. The van der Waals surface area contributed by atoms with Crippen molar-refractivity contribution >= 4 is 22.2 Å². The lowest BCUT2D eigenvalue weighted by Crippen LogP contribution is -2.39. The molecule has 1 aliphatic rings. The maximum absolute atomic E-state index is 12.2. The number of carbonyl (C=O) groups excluding carboxylic acids is 1. The zero-order valence-electron chi connectivity index (χ0n) is 10.5. The van der Waals surface area contributed by atoms with Gasteiger partial charge < -0.3 is 10.2 Å². The quantitative estimate of drug-likeness (QED) is 0.896. The van der Waals surface area contributed by atoms with Gasteiger partial charge in [-0.25, -0.2) is 0 Å². The summed E-state index contributed by atoms with van der Waals surface area (Å²) in [6.07, 6.45) is 4.23. The van der Waals surface area contributed by atoms with E-state index < -0.39 is 0 Å². The number of nitrogens with one attached hydrogen (secondary N) is 1. The van der Waals surface area contributed by atoms with E-state index >= 15 is 0 Å². The summed E-state index contributed by atoms with van der Waals surface area (Å²) in [7, 11) is 1.88. The molecular weight excluding hydrogens is 232 g/mol. The molecule has 1 aromatic rings. The molecule has 17 heavy (non-hydrogen) atoms. The zero-order chi connectivity index (χ0) is 12.3. The topological polar surface area (TPSA) is 32.3 Å². The second-order valence-corrected chi connectivity index (χ2v) is 5.61. The molecule has 3 nitrogen and oxygen atoms in total. The molecule has 1 unspecified atom stereocenters. The molecule has 1 fully saturated rings. The number of anilines is 1. The molecular formula is C13H20N2OS. The van der Waals surface area contributed by atoms with E-state index in [1.54, 1.807) is 16.2 Å². The fourth-order valence-corrected chi connectivity index (χ4v) is 3.18. The molecule has 2 rings (SSSR count). The molecule has 1 aromatic heterocycles. The fraction of sp³-hybridized carbons (Fsp3) is 0.615. The molecule has 0 aliphatic carbocycles. The van der Waals surface area contributed by atoms with E-state index in [2.05, 4.69) is 18.3 Å². The SMILES string of the molecule is Cc1ccsc1N(C)C(=O)CC1CCCCN1. The highest BCUT2D eigenvalue weighted by Gasteiger charge is 2.20. The van der Waals surface area contributed by atoms with Crippen molar-refractivity contribution in [2.45, 2.75) is 38.6 Å². The van der Waals surface area contributed by atoms with Crippen LogP contribution in [0.15, 0.2) is 11.4 Å². The van der Waals surface area contributed by atoms with Crippen LogP contribution in [0.1, 0.15) is 31.2 Å². The van der Waals surface area contributed by atoms with Gasteiger partial charge in [-0.3, -0.25) is 4.79 Å². The molecule has 1 aliphatic heterocycles. The first-order chi connectivity index (χ1) is 8.18. The van der Waals surface area contributed by atoms with Gasteiger partial charge in [-0.1, -0.05) is 6.42 Å². The molecule has 1 atom stereocenters. The van der Waals surface area contributed by atoms with Crippen LogP contribution in [0, 0.1) is 6.92 Å². The first kappa shape index (κ1) is 12.6. The van der Waals surface area contributed by atoms with E-state index in [0.29, 0.717) is 12.5 Å². The lowest BCUT2D eigenvalue weighted by atomic mass is 10.0. The van der Waals surface area contributed by atoms with Crippen molar-refractivity contribution in [1.29, 1.82) is 0 Å². The van der Waals surface area contributed by atoms with Crippen LogP contribution in [-0.4, -0.2) is 25.5 Å². The maximum atomic E-state index is 12.2. The van der Waals surface area contributed by atoms with Crippen LogP contribution in [0.5, 0.6) is 0 Å². The Kier molecular flexibility index (Phi) is 4.18. The van der Waals surface area contributed by atoms with Crippen LogP contribution in [0.2, 0.25) is 0 Å². The highest BCUT2D eigenvalue weighted by Crippen LogP contribution is 2.26. The molecule has 1 saturated heterocycles. The largest absolute Gasteiger partial charge is 0.313 e. The van der Waals surface area contributed by atoms with Crippen molar-refractivity contribution in [1.82, 2.24) is 5.32 Å². The van der Waals surface area contributed by atoms with Gasteiger partial charge in [0.05, 0.1) is 0 Å². The molecule has 94 valence electrons. The molecule has 0 spiro atoms. The van der Waals surface area contributed by atoms with Crippen molar-refractivity contribution in [3.05, 3.63) is 17.0 Å². The average molecular weight is 252 g/mol. The summed E-state index contributed by atoms with van der Waals surface area (Å²) in [5.41, 5.74) is 1.18. The zero-order valence-corrected chi connectivity index (χ0v) is 11.3. The number of piperidine rings is 1. The molecule has 0 bridgehead atoms. The Balaban J connectivity index is 1.93. The normalized spacial score (nSPS) is 20.2. The first-order valence-corrected chi connectivity index (χ1v) is 7.10. The summed E-state index contributed by atoms with van der Waals surface area (Å²) in [5.74, 6) is 0.218. The van der Waals surface area contributed by atoms with Crippen LogP contribution >= 0.6 is 11.3 Å². The van der Waals surface area contributed by atoms with Crippen LogP contribution in [0.25, 0.3) is 0 Å². The van der Waals surface area contributed by atoms with Crippen molar-refractivity contribution in [3.8, 4) is 0 Å². The highest BCUT2D eigenvalue weighted by molar-refractivity contribution is 7.14. The first-order valence-electron chi connectivity index (χ1n) is 6.22. The van der Waals surface area contributed by atoms with Gasteiger partial charge in [0.1, 0.15) is 5.00 Å². The third kappa shape index (κ3) is 3.07. The van der Waals surface area contributed by atoms with Gasteiger partial charge >= 0.3 is 0 Å². The van der Waals surface area contributed by atoms with E-state index in [0.717, 1.165) is 18.0 Å². The summed E-state index contributed by atoms with van der Waals surface area (Å²) in [5, 5.41) is 6.53. The minimum atomic E-state index is 0.218. The third-order valence-electron chi connectivity index (χ3n) is 3.35. The summed E-state index contributed by atoms with van der Waals surface area (Å²) in [4.78, 5) is 14.0. The van der Waals surface area contributed by atoms with Gasteiger partial charge in [0.15, 0.2) is 0 Å². The van der Waals surface area contributed by atoms with Gasteiger partial charge in [-0.05, 0) is 43.3 Å². The van der Waals surface area contributed by atoms with Gasteiger partial charge in [0.25, 0.3) is 0 Å². The summed E-state index contributed by atoms with van der Waals surface area (Å²) >= 11 is 1.63. The lowest BCUT2D eigenvalue weighted by Gasteiger charge is -2.25. The van der Waals surface area contributed by atoms with E-state index in [4.69, 9.17) is 0 Å². The van der Waals surface area contributed by atoms with Crippen LogP contribution in [0.4, 0.5) is 5.00 Å². The number of hydrogen-bond acceptors (Lipinski definition) is 3. The Bertz CT molecular complexity index is 383. The Morgan fingerprint density at radius 2 is 2.41 bits per heavy atom. The van der Waals surface area contributed by atoms with Crippen LogP contribution in [-0.2, 0) is 4.79 Å². The molecule has 0 radical (unpaired) electrons. The Hall–Kier alpha value is -0.870. The smallest absolute Gasteiger partial charge is 0.228 e. The van der Waals surface area contributed by atoms with Gasteiger partial charge in [0, 0.05) is 19.5 Å². The number of aryl methyl sites for hydroxylation is 1. The maximum Gasteiger partial charge on any atom is 0.228 e. The minimum Gasteiger partial charge on any atom is -0.313 e. The number of rotatable bonds is 3. The van der Waals surface area contributed by atoms with E-state index in [1.807, 2.05) is 12.4 Å². The van der Waals surface area contributed by atoms with Gasteiger partial charge in [0.2, 0.25) is 5.91 Å². The summed E-state index contributed by atoms with van der Waals surface area (Å²) in [6, 6.07) is 2.43. The lowest BCUT2D eigenvalue weighted by molar-refractivity contribution is -0.118. The van der Waals surface area contributed by atoms with Gasteiger partial charge in [-0.15, -0.1) is 11.3 Å². The van der Waals surface area contributed by atoms with E-state index in [1.165, 1.54) is 18.4 Å². The second kappa shape index (κ2) is 5.65. The Labute approximate surface area is 107 Å². The van der Waals surface area contributed by atoms with Crippen LogP contribution < -0.4 is 10.2 Å². The Morgan fingerprint density at radius 3 is 3.00 bits per heavy atom. The van der Waals surface area contributed by atoms with Crippen molar-refractivity contribution in [2.24, 2.45) is 0 Å². The third-order valence-corrected chi connectivity index (χ3v) is 4.44. The number of nitrogens with zero attached hydrogens (tertiary/aromatic N) is 1.